The molecule has 0 aliphatic rings. The first-order chi connectivity index (χ1) is 4.45. The summed E-state index contributed by atoms with van der Waals surface area (Å²) in [5.74, 6) is -0.962. The number of nitriles is 1. The van der Waals surface area contributed by atoms with E-state index < -0.39 is 21.8 Å². The van der Waals surface area contributed by atoms with Gasteiger partial charge >= 0.3 is 0 Å². The predicted octanol–water partition coefficient (Wildman–Crippen LogP) is 0.238. The molecule has 1 N–H and O–H groups in total. The Labute approximate surface area is 60.2 Å². The number of rotatable bonds is 3. The Kier molecular flexibility index (Phi) is 3.33. The zero-order valence-corrected chi connectivity index (χ0v) is 6.13. The minimum atomic E-state index is -3.92. The SMILES string of the molecule is [CH2]C(C#N)CCS(=O)(=O)O. The third-order valence-electron chi connectivity index (χ3n) is 0.907. The van der Waals surface area contributed by atoms with E-state index in [0.29, 0.717) is 0 Å². The molecule has 0 saturated heterocycles. The maximum Gasteiger partial charge on any atom is 0.264 e. The molecule has 57 valence electrons. The summed E-state index contributed by atoms with van der Waals surface area (Å²) in [5.41, 5.74) is 0. The molecule has 0 aromatic rings. The number of hydrogen-bond donors (Lipinski definition) is 1. The van der Waals surface area contributed by atoms with Gasteiger partial charge in [0.05, 0.1) is 11.8 Å². The van der Waals surface area contributed by atoms with Gasteiger partial charge in [-0.3, -0.25) is 4.55 Å². The molecule has 0 aromatic heterocycles. The summed E-state index contributed by atoms with van der Waals surface area (Å²) in [6.45, 7) is 3.32. The first-order valence-electron chi connectivity index (χ1n) is 2.63. The highest BCUT2D eigenvalue weighted by Crippen LogP contribution is 2.00. The monoisotopic (exact) mass is 162 g/mol. The van der Waals surface area contributed by atoms with Crippen molar-refractivity contribution in [2.45, 2.75) is 6.42 Å². The Morgan fingerprint density at radius 2 is 2.20 bits per heavy atom. The van der Waals surface area contributed by atoms with Gasteiger partial charge in [-0.25, -0.2) is 0 Å². The highest BCUT2D eigenvalue weighted by atomic mass is 32.2. The summed E-state index contributed by atoms with van der Waals surface area (Å²) in [6.07, 6.45) is 0.0787. The minimum Gasteiger partial charge on any atom is -0.286 e. The number of nitrogens with zero attached hydrogens (tertiary/aromatic N) is 1. The minimum absolute atomic E-state index is 0.0787. The average Bonchev–Trinajstić information content (AvgIpc) is 1.81. The summed E-state index contributed by atoms with van der Waals surface area (Å²) >= 11 is 0. The van der Waals surface area contributed by atoms with Crippen molar-refractivity contribution in [1.82, 2.24) is 0 Å². The topological polar surface area (TPSA) is 78.2 Å². The van der Waals surface area contributed by atoms with Crippen LogP contribution in [0.25, 0.3) is 0 Å². The second-order valence-electron chi connectivity index (χ2n) is 1.90. The Bertz CT molecular complexity index is 226. The molecule has 0 amide bonds. The highest BCUT2D eigenvalue weighted by Gasteiger charge is 2.07. The number of hydrogen-bond acceptors (Lipinski definition) is 3. The van der Waals surface area contributed by atoms with Crippen molar-refractivity contribution < 1.29 is 13.0 Å². The van der Waals surface area contributed by atoms with Gasteiger partial charge in [0.2, 0.25) is 0 Å². The van der Waals surface area contributed by atoms with E-state index >= 15 is 0 Å². The largest absolute Gasteiger partial charge is 0.286 e. The van der Waals surface area contributed by atoms with E-state index in [2.05, 4.69) is 6.92 Å². The molecule has 4 nitrogen and oxygen atoms in total. The van der Waals surface area contributed by atoms with Crippen molar-refractivity contribution in [2.75, 3.05) is 5.75 Å². The van der Waals surface area contributed by atoms with Gasteiger partial charge in [-0.1, -0.05) is 0 Å². The van der Waals surface area contributed by atoms with Crippen LogP contribution in [0.5, 0.6) is 0 Å². The van der Waals surface area contributed by atoms with Crippen molar-refractivity contribution in [2.24, 2.45) is 5.92 Å². The van der Waals surface area contributed by atoms with Crippen molar-refractivity contribution >= 4 is 10.1 Å². The normalized spacial score (nSPS) is 14.1. The molecular weight excluding hydrogens is 154 g/mol. The van der Waals surface area contributed by atoms with E-state index in [4.69, 9.17) is 9.81 Å². The van der Waals surface area contributed by atoms with Crippen molar-refractivity contribution in [3.05, 3.63) is 6.92 Å². The molecule has 10 heavy (non-hydrogen) atoms. The lowest BCUT2D eigenvalue weighted by atomic mass is 10.1. The summed E-state index contributed by atoms with van der Waals surface area (Å²) in [6, 6.07) is 1.75. The van der Waals surface area contributed by atoms with Gasteiger partial charge in [0.1, 0.15) is 0 Å². The quantitative estimate of drug-likeness (QED) is 0.603. The van der Waals surface area contributed by atoms with Crippen LogP contribution in [0.15, 0.2) is 0 Å². The van der Waals surface area contributed by atoms with Crippen LogP contribution in [-0.2, 0) is 10.1 Å². The van der Waals surface area contributed by atoms with E-state index in [1.165, 1.54) is 0 Å². The van der Waals surface area contributed by atoms with Crippen LogP contribution in [0.1, 0.15) is 6.42 Å². The van der Waals surface area contributed by atoms with E-state index in [-0.39, 0.29) is 6.42 Å². The summed E-state index contributed by atoms with van der Waals surface area (Å²) in [5, 5.41) is 8.14. The molecule has 0 aliphatic carbocycles. The molecule has 0 aromatic carbocycles. The molecule has 1 atom stereocenters. The van der Waals surface area contributed by atoms with Crippen molar-refractivity contribution in [3.63, 3.8) is 0 Å². The van der Waals surface area contributed by atoms with E-state index in [1.54, 1.807) is 6.07 Å². The van der Waals surface area contributed by atoms with Gasteiger partial charge in [0.25, 0.3) is 10.1 Å². The highest BCUT2D eigenvalue weighted by molar-refractivity contribution is 7.85. The second kappa shape index (κ2) is 3.54. The molecule has 1 radical (unpaired) electrons. The molecule has 0 rings (SSSR count). The first-order valence-corrected chi connectivity index (χ1v) is 4.24. The van der Waals surface area contributed by atoms with Crippen LogP contribution in [0.3, 0.4) is 0 Å². The molecule has 0 heterocycles. The van der Waals surface area contributed by atoms with E-state index in [0.717, 1.165) is 0 Å². The Hall–Kier alpha value is -0.600. The Balaban J connectivity index is 3.70. The summed E-state index contributed by atoms with van der Waals surface area (Å²) in [7, 11) is -3.92. The second-order valence-corrected chi connectivity index (χ2v) is 3.47. The Morgan fingerprint density at radius 1 is 1.70 bits per heavy atom. The lowest BCUT2D eigenvalue weighted by Gasteiger charge is -1.97. The summed E-state index contributed by atoms with van der Waals surface area (Å²) in [4.78, 5) is 0. The van der Waals surface area contributed by atoms with Gasteiger partial charge < -0.3 is 0 Å². The fraction of sp³-hybridized carbons (Fsp3) is 0.600. The lowest BCUT2D eigenvalue weighted by Crippen LogP contribution is -2.07. The first kappa shape index (κ1) is 9.40. The van der Waals surface area contributed by atoms with Gasteiger partial charge in [-0.05, 0) is 13.3 Å². The standard InChI is InChI=1S/C5H8NO3S/c1-5(4-6)2-3-10(7,8)9/h5H,1-3H2,(H,7,8,9). The van der Waals surface area contributed by atoms with Crippen LogP contribution in [-0.4, -0.2) is 18.7 Å². The molecule has 5 heteroatoms. The Morgan fingerprint density at radius 3 is 2.50 bits per heavy atom. The molecule has 0 fully saturated rings. The molecule has 0 bridgehead atoms. The van der Waals surface area contributed by atoms with Crippen LogP contribution in [0, 0.1) is 24.2 Å². The van der Waals surface area contributed by atoms with Crippen LogP contribution in [0.2, 0.25) is 0 Å². The molecule has 0 aliphatic heterocycles. The van der Waals surface area contributed by atoms with E-state index in [9.17, 15) is 8.42 Å². The third kappa shape index (κ3) is 5.54. The zero-order chi connectivity index (χ0) is 8.20. The molecular formula is C5H8NO3S. The fourth-order valence-corrected chi connectivity index (χ4v) is 0.938. The predicted molar refractivity (Wildman–Crippen MR) is 35.5 cm³/mol. The van der Waals surface area contributed by atoms with Crippen molar-refractivity contribution in [3.8, 4) is 6.07 Å². The van der Waals surface area contributed by atoms with Crippen molar-refractivity contribution in [1.29, 1.82) is 5.26 Å². The average molecular weight is 162 g/mol. The van der Waals surface area contributed by atoms with Gasteiger partial charge in [0, 0.05) is 5.92 Å². The molecule has 1 unspecified atom stereocenters. The fourth-order valence-electron chi connectivity index (χ4n) is 0.356. The van der Waals surface area contributed by atoms with Crippen LogP contribution in [0.4, 0.5) is 0 Å². The van der Waals surface area contributed by atoms with Crippen LogP contribution < -0.4 is 0 Å². The third-order valence-corrected chi connectivity index (χ3v) is 1.66. The van der Waals surface area contributed by atoms with Gasteiger partial charge in [-0.2, -0.15) is 13.7 Å². The molecule has 0 saturated carbocycles. The molecule has 0 spiro atoms. The van der Waals surface area contributed by atoms with Gasteiger partial charge in [-0.15, -0.1) is 0 Å². The maximum absolute atomic E-state index is 10.1. The van der Waals surface area contributed by atoms with E-state index in [1.807, 2.05) is 0 Å². The zero-order valence-electron chi connectivity index (χ0n) is 5.32. The summed E-state index contributed by atoms with van der Waals surface area (Å²) < 4.78 is 28.3. The maximum atomic E-state index is 10.1. The smallest absolute Gasteiger partial charge is 0.264 e. The van der Waals surface area contributed by atoms with Crippen LogP contribution >= 0.6 is 0 Å². The lowest BCUT2D eigenvalue weighted by molar-refractivity contribution is 0.479. The van der Waals surface area contributed by atoms with Gasteiger partial charge in [0.15, 0.2) is 0 Å².